The fraction of sp³-hybridized carbons (Fsp3) is 0.286. The van der Waals surface area contributed by atoms with Crippen LogP contribution in [-0.4, -0.2) is 9.55 Å². The zero-order chi connectivity index (χ0) is 16.6. The topological polar surface area (TPSA) is 17.8 Å². The molecule has 23 heavy (non-hydrogen) atoms. The maximum atomic E-state index is 4.61. The molecule has 2 aromatic carbocycles. The summed E-state index contributed by atoms with van der Waals surface area (Å²) in [6.07, 6.45) is 3.95. The molecule has 3 aromatic rings. The van der Waals surface area contributed by atoms with Crippen molar-refractivity contribution in [1.82, 2.24) is 9.55 Å². The normalized spacial score (nSPS) is 11.7. The zero-order valence-corrected chi connectivity index (χ0v) is 14.6. The van der Waals surface area contributed by atoms with Crippen LogP contribution in [0.15, 0.2) is 54.9 Å². The second kappa shape index (κ2) is 5.69. The Balaban J connectivity index is 2.28. The quantitative estimate of drug-likeness (QED) is 0.615. The van der Waals surface area contributed by atoms with Crippen molar-refractivity contribution in [2.45, 2.75) is 40.0 Å². The molecular formula is C21H24N2. The molecule has 2 nitrogen and oxygen atoms in total. The van der Waals surface area contributed by atoms with Crippen molar-refractivity contribution in [1.29, 1.82) is 0 Å². The van der Waals surface area contributed by atoms with Crippen molar-refractivity contribution in [3.05, 3.63) is 71.5 Å². The summed E-state index contributed by atoms with van der Waals surface area (Å²) >= 11 is 0. The molecule has 0 aliphatic rings. The largest absolute Gasteiger partial charge is 0.299 e. The first-order valence-electron chi connectivity index (χ1n) is 8.09. The Morgan fingerprint density at radius 3 is 2.30 bits per heavy atom. The van der Waals surface area contributed by atoms with Gasteiger partial charge in [-0.1, -0.05) is 68.8 Å². The van der Waals surface area contributed by atoms with Crippen molar-refractivity contribution in [3.63, 3.8) is 0 Å². The lowest BCUT2D eigenvalue weighted by atomic mass is 9.83. The molecule has 0 N–H and O–H groups in total. The summed E-state index contributed by atoms with van der Waals surface area (Å²) in [5.41, 5.74) is 6.40. The third-order valence-electron chi connectivity index (χ3n) is 4.17. The van der Waals surface area contributed by atoms with Gasteiger partial charge in [-0.25, -0.2) is 4.98 Å². The van der Waals surface area contributed by atoms with Crippen molar-refractivity contribution in [2.75, 3.05) is 0 Å². The number of imidazole rings is 1. The van der Waals surface area contributed by atoms with E-state index in [2.05, 4.69) is 86.8 Å². The van der Waals surface area contributed by atoms with Gasteiger partial charge in [0.25, 0.3) is 0 Å². The first-order chi connectivity index (χ1) is 10.9. The van der Waals surface area contributed by atoms with Crippen LogP contribution >= 0.6 is 0 Å². The summed E-state index contributed by atoms with van der Waals surface area (Å²) in [6, 6.07) is 14.9. The van der Waals surface area contributed by atoms with Gasteiger partial charge in [0, 0.05) is 18.0 Å². The van der Waals surface area contributed by atoms with Crippen molar-refractivity contribution in [2.24, 2.45) is 0 Å². The van der Waals surface area contributed by atoms with E-state index in [0.717, 1.165) is 11.4 Å². The van der Waals surface area contributed by atoms with Crippen LogP contribution in [0, 0.1) is 13.8 Å². The first kappa shape index (κ1) is 15.5. The van der Waals surface area contributed by atoms with Gasteiger partial charge in [0.1, 0.15) is 5.82 Å². The fourth-order valence-electron chi connectivity index (χ4n) is 3.14. The molecule has 0 spiro atoms. The van der Waals surface area contributed by atoms with Crippen LogP contribution in [0.1, 0.15) is 37.5 Å². The third-order valence-corrected chi connectivity index (χ3v) is 4.17. The molecule has 118 valence electrons. The van der Waals surface area contributed by atoms with Crippen molar-refractivity contribution < 1.29 is 0 Å². The summed E-state index contributed by atoms with van der Waals surface area (Å²) in [6.45, 7) is 11.2. The van der Waals surface area contributed by atoms with Crippen LogP contribution in [0.2, 0.25) is 0 Å². The smallest absolute Gasteiger partial charge is 0.144 e. The van der Waals surface area contributed by atoms with Crippen LogP contribution in [0.5, 0.6) is 0 Å². The first-order valence-corrected chi connectivity index (χ1v) is 8.09. The highest BCUT2D eigenvalue weighted by Gasteiger charge is 2.22. The van der Waals surface area contributed by atoms with Crippen molar-refractivity contribution >= 4 is 0 Å². The highest BCUT2D eigenvalue weighted by Crippen LogP contribution is 2.34. The molecule has 0 aliphatic heterocycles. The van der Waals surface area contributed by atoms with Gasteiger partial charge < -0.3 is 0 Å². The van der Waals surface area contributed by atoms with E-state index in [1.807, 2.05) is 12.3 Å². The molecule has 2 heteroatoms. The summed E-state index contributed by atoms with van der Waals surface area (Å²) in [5, 5.41) is 0. The van der Waals surface area contributed by atoms with E-state index in [1.165, 1.54) is 22.4 Å². The maximum Gasteiger partial charge on any atom is 0.144 e. The standard InChI is InChI=1S/C21H24N2/c1-15-13-16(2)19(18(14-15)21(3,4)5)23-12-11-22-20(23)17-9-7-6-8-10-17/h6-14H,1-5H3. The van der Waals surface area contributed by atoms with E-state index in [0.29, 0.717) is 0 Å². The minimum Gasteiger partial charge on any atom is -0.299 e. The van der Waals surface area contributed by atoms with Crippen LogP contribution in [0.3, 0.4) is 0 Å². The lowest BCUT2D eigenvalue weighted by molar-refractivity contribution is 0.585. The van der Waals surface area contributed by atoms with Gasteiger partial charge in [-0.3, -0.25) is 4.57 Å². The molecule has 0 aliphatic carbocycles. The summed E-state index contributed by atoms with van der Waals surface area (Å²) < 4.78 is 2.23. The molecule has 1 aromatic heterocycles. The Bertz CT molecular complexity index is 821. The Hall–Kier alpha value is -2.35. The van der Waals surface area contributed by atoms with E-state index in [-0.39, 0.29) is 5.41 Å². The molecule has 0 unspecified atom stereocenters. The highest BCUT2D eigenvalue weighted by molar-refractivity contribution is 5.62. The molecular weight excluding hydrogens is 280 g/mol. The van der Waals surface area contributed by atoms with Gasteiger partial charge in [-0.2, -0.15) is 0 Å². The van der Waals surface area contributed by atoms with E-state index < -0.39 is 0 Å². The lowest BCUT2D eigenvalue weighted by Gasteiger charge is -2.26. The predicted octanol–water partition coefficient (Wildman–Crippen LogP) is 5.45. The average Bonchev–Trinajstić information content (AvgIpc) is 2.95. The third kappa shape index (κ3) is 2.94. The zero-order valence-electron chi connectivity index (χ0n) is 14.6. The van der Waals surface area contributed by atoms with Gasteiger partial charge in [0.15, 0.2) is 0 Å². The second-order valence-corrected chi connectivity index (χ2v) is 7.21. The molecule has 0 radical (unpaired) electrons. The molecule has 0 atom stereocenters. The van der Waals surface area contributed by atoms with Gasteiger partial charge in [-0.15, -0.1) is 0 Å². The second-order valence-electron chi connectivity index (χ2n) is 7.21. The molecule has 0 amide bonds. The van der Waals surface area contributed by atoms with Crippen LogP contribution in [0.25, 0.3) is 17.1 Å². The number of hydrogen-bond donors (Lipinski definition) is 0. The average molecular weight is 304 g/mol. The number of aromatic nitrogens is 2. The Kier molecular flexibility index (Phi) is 3.85. The highest BCUT2D eigenvalue weighted by atomic mass is 15.1. The molecule has 0 fully saturated rings. The van der Waals surface area contributed by atoms with E-state index in [4.69, 9.17) is 0 Å². The molecule has 0 bridgehead atoms. The van der Waals surface area contributed by atoms with E-state index >= 15 is 0 Å². The Morgan fingerprint density at radius 2 is 1.65 bits per heavy atom. The van der Waals surface area contributed by atoms with Gasteiger partial charge in [0.05, 0.1) is 5.69 Å². The number of rotatable bonds is 2. The van der Waals surface area contributed by atoms with Crippen LogP contribution in [-0.2, 0) is 5.41 Å². The molecule has 0 saturated carbocycles. The maximum absolute atomic E-state index is 4.61. The minimum absolute atomic E-state index is 0.0738. The van der Waals surface area contributed by atoms with Gasteiger partial charge in [-0.05, 0) is 30.4 Å². The van der Waals surface area contributed by atoms with Crippen LogP contribution in [0.4, 0.5) is 0 Å². The summed E-state index contributed by atoms with van der Waals surface area (Å²) in [7, 11) is 0. The van der Waals surface area contributed by atoms with Crippen molar-refractivity contribution in [3.8, 4) is 17.1 Å². The minimum atomic E-state index is 0.0738. The number of benzene rings is 2. The van der Waals surface area contributed by atoms with E-state index in [1.54, 1.807) is 0 Å². The summed E-state index contributed by atoms with van der Waals surface area (Å²) in [4.78, 5) is 4.61. The Morgan fingerprint density at radius 1 is 0.957 bits per heavy atom. The number of nitrogens with zero attached hydrogens (tertiary/aromatic N) is 2. The lowest BCUT2D eigenvalue weighted by Crippen LogP contribution is -2.17. The van der Waals surface area contributed by atoms with E-state index in [9.17, 15) is 0 Å². The van der Waals surface area contributed by atoms with Crippen LogP contribution < -0.4 is 0 Å². The van der Waals surface area contributed by atoms with Gasteiger partial charge >= 0.3 is 0 Å². The SMILES string of the molecule is Cc1cc(C)c(-n2ccnc2-c2ccccc2)c(C(C)(C)C)c1. The monoisotopic (exact) mass is 304 g/mol. The van der Waals surface area contributed by atoms with Gasteiger partial charge in [0.2, 0.25) is 0 Å². The summed E-state index contributed by atoms with van der Waals surface area (Å²) in [5.74, 6) is 0.989. The fourth-order valence-corrected chi connectivity index (χ4v) is 3.14. The Labute approximate surface area is 138 Å². The molecule has 3 rings (SSSR count). The molecule has 1 heterocycles. The number of hydrogen-bond acceptors (Lipinski definition) is 1. The molecule has 0 saturated heterocycles. The number of aryl methyl sites for hydroxylation is 2. The predicted molar refractivity (Wildman–Crippen MR) is 97.2 cm³/mol.